The van der Waals surface area contributed by atoms with Crippen molar-refractivity contribution in [3.05, 3.63) is 11.6 Å². The lowest BCUT2D eigenvalue weighted by Crippen LogP contribution is -2.44. The molecule has 5 nitrogen and oxygen atoms in total. The molecule has 1 heterocycles. The molecule has 2 unspecified atom stereocenters. The molecule has 102 valence electrons. The Bertz CT molecular complexity index is 320. The van der Waals surface area contributed by atoms with Gasteiger partial charge in [-0.15, -0.1) is 5.59 Å². The number of nitrogens with one attached hydrogen (secondary N) is 1. The molecule has 2 aliphatic rings. The highest BCUT2D eigenvalue weighted by Crippen LogP contribution is 2.33. The number of hydrogen-bond acceptors (Lipinski definition) is 4. The van der Waals surface area contributed by atoms with E-state index in [1.54, 1.807) is 0 Å². The summed E-state index contributed by atoms with van der Waals surface area (Å²) < 4.78 is 0. The van der Waals surface area contributed by atoms with Gasteiger partial charge in [0.05, 0.1) is 6.10 Å². The summed E-state index contributed by atoms with van der Waals surface area (Å²) in [6.45, 7) is 3.81. The first-order valence-corrected chi connectivity index (χ1v) is 6.77. The normalized spacial score (nSPS) is 27.9. The number of likely N-dealkylation sites (tertiary alicyclic amines) is 1. The van der Waals surface area contributed by atoms with E-state index in [0.29, 0.717) is 12.3 Å². The van der Waals surface area contributed by atoms with E-state index < -0.39 is 0 Å². The smallest absolute Gasteiger partial charge is 0.222 e. The summed E-state index contributed by atoms with van der Waals surface area (Å²) in [5.74, 6) is 5.73. The highest BCUT2D eigenvalue weighted by molar-refractivity contribution is 5.76. The van der Waals surface area contributed by atoms with Crippen molar-refractivity contribution in [1.82, 2.24) is 10.5 Å². The SMILES string of the molecule is CC=C1CCN(C(=O)CC2CCC2ONN)CC1. The number of nitrogens with zero attached hydrogens (tertiary/aromatic N) is 1. The number of amides is 1. The minimum absolute atomic E-state index is 0.106. The van der Waals surface area contributed by atoms with Gasteiger partial charge in [-0.25, -0.2) is 5.84 Å². The van der Waals surface area contributed by atoms with Crippen LogP contribution in [0.1, 0.15) is 39.0 Å². The fourth-order valence-electron chi connectivity index (χ4n) is 2.70. The van der Waals surface area contributed by atoms with Gasteiger partial charge in [0, 0.05) is 19.5 Å². The van der Waals surface area contributed by atoms with Crippen molar-refractivity contribution in [2.45, 2.75) is 45.1 Å². The van der Waals surface area contributed by atoms with Gasteiger partial charge in [0.2, 0.25) is 5.91 Å². The molecule has 18 heavy (non-hydrogen) atoms. The summed E-state index contributed by atoms with van der Waals surface area (Å²) in [6.07, 6.45) is 6.97. The van der Waals surface area contributed by atoms with Gasteiger partial charge in [-0.2, -0.15) is 0 Å². The Morgan fingerprint density at radius 3 is 2.72 bits per heavy atom. The number of carbonyl (C=O) groups is 1. The average Bonchev–Trinajstić information content (AvgIpc) is 2.40. The molecule has 1 aliphatic heterocycles. The molecule has 2 fully saturated rings. The van der Waals surface area contributed by atoms with Crippen LogP contribution in [0.25, 0.3) is 0 Å². The van der Waals surface area contributed by atoms with Crippen molar-refractivity contribution in [3.8, 4) is 0 Å². The second kappa shape index (κ2) is 6.31. The average molecular weight is 253 g/mol. The number of hydrogen-bond donors (Lipinski definition) is 2. The number of nitrogens with two attached hydrogens (primary N) is 1. The maximum Gasteiger partial charge on any atom is 0.222 e. The summed E-state index contributed by atoms with van der Waals surface area (Å²) in [4.78, 5) is 19.3. The molecule has 2 atom stereocenters. The van der Waals surface area contributed by atoms with Gasteiger partial charge in [-0.1, -0.05) is 11.6 Å². The van der Waals surface area contributed by atoms with Crippen LogP contribution in [0.15, 0.2) is 11.6 Å². The molecule has 1 saturated carbocycles. The van der Waals surface area contributed by atoms with Crippen LogP contribution in [-0.2, 0) is 9.63 Å². The van der Waals surface area contributed by atoms with Crippen LogP contribution in [0, 0.1) is 5.92 Å². The fraction of sp³-hybridized carbons (Fsp3) is 0.769. The van der Waals surface area contributed by atoms with Gasteiger partial charge in [0.1, 0.15) is 0 Å². The molecule has 1 saturated heterocycles. The van der Waals surface area contributed by atoms with Gasteiger partial charge in [0.25, 0.3) is 0 Å². The van der Waals surface area contributed by atoms with Crippen LogP contribution in [0.3, 0.4) is 0 Å². The van der Waals surface area contributed by atoms with Gasteiger partial charge in [-0.05, 0) is 38.5 Å². The largest absolute Gasteiger partial charge is 0.342 e. The first-order valence-electron chi connectivity index (χ1n) is 6.77. The van der Waals surface area contributed by atoms with E-state index in [1.165, 1.54) is 5.57 Å². The Morgan fingerprint density at radius 2 is 2.22 bits per heavy atom. The molecular formula is C13H23N3O2. The third-order valence-electron chi connectivity index (χ3n) is 4.17. The highest BCUT2D eigenvalue weighted by Gasteiger charge is 2.35. The molecule has 3 N–H and O–H groups in total. The van der Waals surface area contributed by atoms with Crippen molar-refractivity contribution >= 4 is 5.91 Å². The predicted molar refractivity (Wildman–Crippen MR) is 69.1 cm³/mol. The fourth-order valence-corrected chi connectivity index (χ4v) is 2.70. The molecular weight excluding hydrogens is 230 g/mol. The van der Waals surface area contributed by atoms with Crippen molar-refractivity contribution in [1.29, 1.82) is 0 Å². The molecule has 2 rings (SSSR count). The standard InChI is InChI=1S/C13H23N3O2/c1-2-10-5-7-16(8-6-10)13(17)9-11-3-4-12(11)18-15-14/h2,11-12,15H,3-9,14H2,1H3. The summed E-state index contributed by atoms with van der Waals surface area (Å²) in [5.41, 5.74) is 3.70. The second-order valence-electron chi connectivity index (χ2n) is 5.14. The second-order valence-corrected chi connectivity index (χ2v) is 5.14. The summed E-state index contributed by atoms with van der Waals surface area (Å²) in [6, 6.07) is 0. The molecule has 0 aromatic rings. The third kappa shape index (κ3) is 3.10. The van der Waals surface area contributed by atoms with E-state index in [2.05, 4.69) is 18.6 Å². The summed E-state index contributed by atoms with van der Waals surface area (Å²) >= 11 is 0. The van der Waals surface area contributed by atoms with Crippen LogP contribution < -0.4 is 11.4 Å². The molecule has 1 amide bonds. The van der Waals surface area contributed by atoms with Gasteiger partial charge < -0.3 is 4.90 Å². The number of rotatable bonds is 4. The van der Waals surface area contributed by atoms with E-state index in [4.69, 9.17) is 10.7 Å². The van der Waals surface area contributed by atoms with Crippen molar-refractivity contribution in [2.24, 2.45) is 11.8 Å². The maximum absolute atomic E-state index is 12.1. The molecule has 0 aromatic heterocycles. The van der Waals surface area contributed by atoms with Crippen LogP contribution in [0.4, 0.5) is 0 Å². The summed E-state index contributed by atoms with van der Waals surface area (Å²) in [7, 11) is 0. The Hall–Kier alpha value is -0.910. The molecule has 1 aliphatic carbocycles. The van der Waals surface area contributed by atoms with Crippen molar-refractivity contribution in [3.63, 3.8) is 0 Å². The highest BCUT2D eigenvalue weighted by atomic mass is 16.7. The predicted octanol–water partition coefficient (Wildman–Crippen LogP) is 1.12. The minimum Gasteiger partial charge on any atom is -0.342 e. The zero-order valence-corrected chi connectivity index (χ0v) is 11.0. The van der Waals surface area contributed by atoms with Gasteiger partial charge in [-0.3, -0.25) is 9.63 Å². The minimum atomic E-state index is 0.106. The third-order valence-corrected chi connectivity index (χ3v) is 4.17. The van der Waals surface area contributed by atoms with Crippen LogP contribution in [0.5, 0.6) is 0 Å². The molecule has 0 bridgehead atoms. The Morgan fingerprint density at radius 1 is 1.50 bits per heavy atom. The molecule has 0 radical (unpaired) electrons. The zero-order valence-electron chi connectivity index (χ0n) is 11.0. The summed E-state index contributed by atoms with van der Waals surface area (Å²) in [5, 5.41) is 0. The van der Waals surface area contributed by atoms with Crippen molar-refractivity contribution < 1.29 is 9.63 Å². The zero-order chi connectivity index (χ0) is 13.0. The number of carbonyl (C=O) groups excluding carboxylic acids is 1. The molecule has 5 heteroatoms. The monoisotopic (exact) mass is 253 g/mol. The van der Waals surface area contributed by atoms with Crippen LogP contribution in [-0.4, -0.2) is 30.0 Å². The lowest BCUT2D eigenvalue weighted by molar-refractivity contribution is -0.141. The quantitative estimate of drug-likeness (QED) is 0.447. The van der Waals surface area contributed by atoms with E-state index in [0.717, 1.165) is 38.8 Å². The van der Waals surface area contributed by atoms with E-state index in [-0.39, 0.29) is 12.0 Å². The van der Waals surface area contributed by atoms with Gasteiger partial charge in [0.15, 0.2) is 0 Å². The first-order chi connectivity index (χ1) is 8.74. The lowest BCUT2D eigenvalue weighted by atomic mass is 9.79. The Kier molecular flexibility index (Phi) is 4.74. The molecule has 0 spiro atoms. The number of piperidine rings is 1. The lowest BCUT2D eigenvalue weighted by Gasteiger charge is -2.37. The Labute approximate surface area is 108 Å². The van der Waals surface area contributed by atoms with Crippen LogP contribution in [0.2, 0.25) is 0 Å². The van der Waals surface area contributed by atoms with Crippen molar-refractivity contribution in [2.75, 3.05) is 13.1 Å². The van der Waals surface area contributed by atoms with E-state index in [1.807, 2.05) is 4.90 Å². The van der Waals surface area contributed by atoms with Gasteiger partial charge >= 0.3 is 0 Å². The maximum atomic E-state index is 12.1. The van der Waals surface area contributed by atoms with E-state index in [9.17, 15) is 4.79 Å². The molecule has 0 aromatic carbocycles. The number of hydrazine groups is 1. The number of allylic oxidation sites excluding steroid dienone is 1. The Balaban J connectivity index is 1.75. The van der Waals surface area contributed by atoms with Crippen LogP contribution >= 0.6 is 0 Å². The first kappa shape index (κ1) is 13.5. The topological polar surface area (TPSA) is 67.6 Å². The van der Waals surface area contributed by atoms with E-state index >= 15 is 0 Å².